The number of likely N-dealkylation sites (tertiary alicyclic amines) is 1. The molecule has 1 heterocycles. The Bertz CT molecular complexity index is 437. The van der Waals surface area contributed by atoms with Crippen molar-refractivity contribution in [1.82, 2.24) is 4.90 Å². The van der Waals surface area contributed by atoms with E-state index in [0.717, 1.165) is 36.1 Å². The van der Waals surface area contributed by atoms with Gasteiger partial charge in [0, 0.05) is 12.1 Å². The van der Waals surface area contributed by atoms with Crippen LogP contribution < -0.4 is 11.5 Å². The van der Waals surface area contributed by atoms with Gasteiger partial charge in [-0.2, -0.15) is 0 Å². The van der Waals surface area contributed by atoms with Crippen molar-refractivity contribution in [2.75, 3.05) is 19.6 Å². The van der Waals surface area contributed by atoms with Crippen LogP contribution in [-0.2, 0) is 0 Å². The van der Waals surface area contributed by atoms with Gasteiger partial charge in [-0.1, -0.05) is 58.8 Å². The standard InChI is InChI=1S/C26H51N3/c1-3-5-21-13-16-29(17-14-21)26(12-15-27)25-19-24(28)11-10-23(25)18-22-8-6-20(4-2)7-9-22/h20-26H,3-19,27-28H2,1-2H3. The summed E-state index contributed by atoms with van der Waals surface area (Å²) in [5.74, 6) is 4.63. The van der Waals surface area contributed by atoms with Gasteiger partial charge in [-0.3, -0.25) is 0 Å². The molecule has 0 amide bonds. The zero-order valence-electron chi connectivity index (χ0n) is 19.7. The van der Waals surface area contributed by atoms with E-state index in [1.807, 2.05) is 0 Å². The van der Waals surface area contributed by atoms with Gasteiger partial charge in [0.2, 0.25) is 0 Å². The molecule has 29 heavy (non-hydrogen) atoms. The van der Waals surface area contributed by atoms with Crippen LogP contribution in [0.25, 0.3) is 0 Å². The first-order valence-corrected chi connectivity index (χ1v) is 13.3. The Morgan fingerprint density at radius 2 is 1.55 bits per heavy atom. The van der Waals surface area contributed by atoms with Crippen LogP contribution in [0.1, 0.15) is 104 Å². The van der Waals surface area contributed by atoms with Gasteiger partial charge < -0.3 is 16.4 Å². The van der Waals surface area contributed by atoms with Crippen molar-refractivity contribution in [3.8, 4) is 0 Å². The summed E-state index contributed by atoms with van der Waals surface area (Å²) in [7, 11) is 0. The molecule has 3 nitrogen and oxygen atoms in total. The van der Waals surface area contributed by atoms with Crippen LogP contribution in [0.4, 0.5) is 0 Å². The molecule has 3 fully saturated rings. The number of nitrogens with two attached hydrogens (primary N) is 2. The highest BCUT2D eigenvalue weighted by atomic mass is 15.2. The molecule has 1 saturated heterocycles. The average Bonchev–Trinajstić information content (AvgIpc) is 2.75. The summed E-state index contributed by atoms with van der Waals surface area (Å²) in [5.41, 5.74) is 12.7. The van der Waals surface area contributed by atoms with E-state index >= 15 is 0 Å². The summed E-state index contributed by atoms with van der Waals surface area (Å²) >= 11 is 0. The van der Waals surface area contributed by atoms with Crippen LogP contribution in [0.15, 0.2) is 0 Å². The first-order chi connectivity index (χ1) is 14.1. The number of rotatable bonds is 9. The second-order valence-corrected chi connectivity index (χ2v) is 10.9. The van der Waals surface area contributed by atoms with Crippen LogP contribution in [-0.4, -0.2) is 36.6 Å². The number of hydrogen-bond acceptors (Lipinski definition) is 3. The average molecular weight is 406 g/mol. The molecule has 2 saturated carbocycles. The van der Waals surface area contributed by atoms with E-state index < -0.39 is 0 Å². The van der Waals surface area contributed by atoms with Crippen molar-refractivity contribution in [2.45, 2.75) is 116 Å². The minimum atomic E-state index is 0.421. The monoisotopic (exact) mass is 405 g/mol. The lowest BCUT2D eigenvalue weighted by molar-refractivity contribution is 0.0321. The largest absolute Gasteiger partial charge is 0.330 e. The summed E-state index contributed by atoms with van der Waals surface area (Å²) in [4.78, 5) is 2.85. The molecule has 0 spiro atoms. The van der Waals surface area contributed by atoms with Gasteiger partial charge in [-0.05, 0) is 94.2 Å². The Kier molecular flexibility index (Phi) is 9.78. The molecule has 1 aliphatic heterocycles. The van der Waals surface area contributed by atoms with E-state index in [1.165, 1.54) is 103 Å². The predicted molar refractivity (Wildman–Crippen MR) is 126 cm³/mol. The molecular formula is C26H51N3. The molecule has 3 aliphatic rings. The molecule has 4 N–H and O–H groups in total. The van der Waals surface area contributed by atoms with Gasteiger partial charge in [0.05, 0.1) is 0 Å². The first-order valence-electron chi connectivity index (χ1n) is 13.3. The fourth-order valence-electron chi connectivity index (χ4n) is 7.19. The quantitative estimate of drug-likeness (QED) is 0.527. The SMILES string of the molecule is CCCC1CCN(C(CCN)C2CC(N)CCC2CC2CCC(CC)CC2)CC1. The van der Waals surface area contributed by atoms with Crippen molar-refractivity contribution in [3.63, 3.8) is 0 Å². The molecule has 170 valence electrons. The summed E-state index contributed by atoms with van der Waals surface area (Å²) in [6.45, 7) is 8.15. The Morgan fingerprint density at radius 1 is 0.862 bits per heavy atom. The molecule has 0 bridgehead atoms. The van der Waals surface area contributed by atoms with Crippen LogP contribution in [0, 0.1) is 29.6 Å². The molecule has 3 rings (SSSR count). The first kappa shape index (κ1) is 23.5. The topological polar surface area (TPSA) is 55.3 Å². The maximum Gasteiger partial charge on any atom is 0.0139 e. The molecule has 3 heteroatoms. The Balaban J connectivity index is 1.62. The molecule has 4 unspecified atom stereocenters. The summed E-state index contributed by atoms with van der Waals surface area (Å²) in [5, 5.41) is 0. The maximum atomic E-state index is 6.53. The van der Waals surface area contributed by atoms with Crippen LogP contribution in [0.5, 0.6) is 0 Å². The molecule has 2 aliphatic carbocycles. The van der Waals surface area contributed by atoms with Crippen molar-refractivity contribution in [2.24, 2.45) is 41.1 Å². The highest BCUT2D eigenvalue weighted by Crippen LogP contribution is 2.43. The lowest BCUT2D eigenvalue weighted by Gasteiger charge is -2.47. The van der Waals surface area contributed by atoms with Gasteiger partial charge in [0.1, 0.15) is 0 Å². The second kappa shape index (κ2) is 12.1. The summed E-state index contributed by atoms with van der Waals surface area (Å²) in [6, 6.07) is 1.11. The molecule has 0 aromatic heterocycles. The van der Waals surface area contributed by atoms with Gasteiger partial charge in [0.15, 0.2) is 0 Å². The van der Waals surface area contributed by atoms with Gasteiger partial charge in [-0.25, -0.2) is 0 Å². The molecule has 0 aromatic carbocycles. The van der Waals surface area contributed by atoms with Crippen molar-refractivity contribution >= 4 is 0 Å². The number of piperidine rings is 1. The summed E-state index contributed by atoms with van der Waals surface area (Å²) < 4.78 is 0. The number of hydrogen-bond donors (Lipinski definition) is 2. The van der Waals surface area contributed by atoms with Gasteiger partial charge in [-0.15, -0.1) is 0 Å². The molecule has 4 atom stereocenters. The highest BCUT2D eigenvalue weighted by Gasteiger charge is 2.39. The lowest BCUT2D eigenvalue weighted by atomic mass is 9.67. The van der Waals surface area contributed by atoms with E-state index in [1.54, 1.807) is 0 Å². The highest BCUT2D eigenvalue weighted by molar-refractivity contribution is 4.93. The Morgan fingerprint density at radius 3 is 2.17 bits per heavy atom. The van der Waals surface area contributed by atoms with Crippen molar-refractivity contribution in [1.29, 1.82) is 0 Å². The molecular weight excluding hydrogens is 354 g/mol. The van der Waals surface area contributed by atoms with E-state index in [2.05, 4.69) is 18.7 Å². The van der Waals surface area contributed by atoms with E-state index in [0.29, 0.717) is 12.1 Å². The minimum Gasteiger partial charge on any atom is -0.330 e. The zero-order valence-corrected chi connectivity index (χ0v) is 19.7. The normalized spacial score (nSPS) is 36.2. The third-order valence-corrected chi connectivity index (χ3v) is 9.04. The maximum absolute atomic E-state index is 6.53. The fraction of sp³-hybridized carbons (Fsp3) is 1.00. The van der Waals surface area contributed by atoms with Crippen LogP contribution in [0.3, 0.4) is 0 Å². The van der Waals surface area contributed by atoms with Crippen molar-refractivity contribution < 1.29 is 0 Å². The Hall–Kier alpha value is -0.120. The van der Waals surface area contributed by atoms with Gasteiger partial charge >= 0.3 is 0 Å². The minimum absolute atomic E-state index is 0.421. The fourth-order valence-corrected chi connectivity index (χ4v) is 7.19. The van der Waals surface area contributed by atoms with Gasteiger partial charge in [0.25, 0.3) is 0 Å². The van der Waals surface area contributed by atoms with Crippen molar-refractivity contribution in [3.05, 3.63) is 0 Å². The molecule has 0 radical (unpaired) electrons. The molecule has 0 aromatic rings. The summed E-state index contributed by atoms with van der Waals surface area (Å²) in [6.07, 6.45) is 19.4. The second-order valence-electron chi connectivity index (χ2n) is 10.9. The van der Waals surface area contributed by atoms with E-state index in [-0.39, 0.29) is 0 Å². The van der Waals surface area contributed by atoms with Crippen LogP contribution >= 0.6 is 0 Å². The lowest BCUT2D eigenvalue weighted by Crippen LogP contribution is -2.51. The number of nitrogens with zero attached hydrogens (tertiary/aromatic N) is 1. The third-order valence-electron chi connectivity index (χ3n) is 9.04. The third kappa shape index (κ3) is 6.68. The van der Waals surface area contributed by atoms with E-state index in [4.69, 9.17) is 11.5 Å². The Labute approximate surface area is 181 Å². The van der Waals surface area contributed by atoms with E-state index in [9.17, 15) is 0 Å². The van der Waals surface area contributed by atoms with Crippen LogP contribution in [0.2, 0.25) is 0 Å². The predicted octanol–water partition coefficient (Wildman–Crippen LogP) is 5.57. The zero-order chi connectivity index (χ0) is 20.6. The smallest absolute Gasteiger partial charge is 0.0139 e.